The van der Waals surface area contributed by atoms with E-state index in [9.17, 15) is 14.9 Å². The standard InChI is InChI=1S/C12H8N4O4S/c17-11(18)5-10-13-14-12-15(10)9(6-21-12)7-1-3-8(4-2-7)16(19)20/h1-4,6H,5H2,(H,17,18). The Morgan fingerprint density at radius 3 is 2.67 bits per heavy atom. The van der Waals surface area contributed by atoms with E-state index < -0.39 is 10.9 Å². The molecule has 0 aliphatic carbocycles. The van der Waals surface area contributed by atoms with Crippen LogP contribution >= 0.6 is 11.3 Å². The molecular formula is C12H8N4O4S. The Kier molecular flexibility index (Phi) is 3.10. The zero-order valence-corrected chi connectivity index (χ0v) is 11.3. The van der Waals surface area contributed by atoms with Gasteiger partial charge in [0.05, 0.1) is 10.6 Å². The lowest BCUT2D eigenvalue weighted by molar-refractivity contribution is -0.384. The summed E-state index contributed by atoms with van der Waals surface area (Å²) in [7, 11) is 0. The SMILES string of the molecule is O=C(O)Cc1nnc2scc(-c3ccc([N+](=O)[O-])cc3)n12. The average molecular weight is 304 g/mol. The number of carboxylic acids is 1. The van der Waals surface area contributed by atoms with Gasteiger partial charge in [-0.05, 0) is 17.7 Å². The Balaban J connectivity index is 2.09. The third-order valence-corrected chi connectivity index (χ3v) is 3.72. The van der Waals surface area contributed by atoms with Crippen molar-refractivity contribution in [1.29, 1.82) is 0 Å². The van der Waals surface area contributed by atoms with Gasteiger partial charge in [0, 0.05) is 17.5 Å². The number of aromatic nitrogens is 3. The largest absolute Gasteiger partial charge is 0.481 e. The highest BCUT2D eigenvalue weighted by Crippen LogP contribution is 2.28. The maximum Gasteiger partial charge on any atom is 0.311 e. The van der Waals surface area contributed by atoms with E-state index in [1.165, 1.54) is 23.5 Å². The molecule has 0 unspecified atom stereocenters. The summed E-state index contributed by atoms with van der Waals surface area (Å²) in [5.41, 5.74) is 1.45. The van der Waals surface area contributed by atoms with E-state index >= 15 is 0 Å². The van der Waals surface area contributed by atoms with Crippen LogP contribution in [0.1, 0.15) is 5.82 Å². The third kappa shape index (κ3) is 2.34. The van der Waals surface area contributed by atoms with Gasteiger partial charge in [0.15, 0.2) is 0 Å². The third-order valence-electron chi connectivity index (χ3n) is 2.90. The Morgan fingerprint density at radius 1 is 1.33 bits per heavy atom. The number of rotatable bonds is 4. The van der Waals surface area contributed by atoms with Gasteiger partial charge in [-0.3, -0.25) is 19.3 Å². The number of aliphatic carboxylic acids is 1. The first-order valence-corrected chi connectivity index (χ1v) is 6.72. The molecule has 9 heteroatoms. The summed E-state index contributed by atoms with van der Waals surface area (Å²) in [5.74, 6) is -0.669. The Morgan fingerprint density at radius 2 is 2.05 bits per heavy atom. The highest BCUT2D eigenvalue weighted by atomic mass is 32.1. The lowest BCUT2D eigenvalue weighted by atomic mass is 10.1. The number of hydrogen-bond acceptors (Lipinski definition) is 6. The number of non-ortho nitro benzene ring substituents is 1. The van der Waals surface area contributed by atoms with Crippen molar-refractivity contribution in [1.82, 2.24) is 14.6 Å². The van der Waals surface area contributed by atoms with Crippen molar-refractivity contribution in [3.8, 4) is 11.3 Å². The van der Waals surface area contributed by atoms with Gasteiger partial charge in [-0.2, -0.15) is 0 Å². The molecule has 0 amide bonds. The zero-order valence-electron chi connectivity index (χ0n) is 10.5. The van der Waals surface area contributed by atoms with Gasteiger partial charge >= 0.3 is 5.97 Å². The molecule has 0 saturated heterocycles. The fourth-order valence-electron chi connectivity index (χ4n) is 1.98. The molecule has 1 aromatic carbocycles. The number of hydrogen-bond donors (Lipinski definition) is 1. The monoisotopic (exact) mass is 304 g/mol. The zero-order chi connectivity index (χ0) is 15.0. The van der Waals surface area contributed by atoms with Crippen molar-refractivity contribution >= 4 is 28.0 Å². The smallest absolute Gasteiger partial charge is 0.311 e. The quantitative estimate of drug-likeness (QED) is 0.583. The summed E-state index contributed by atoms with van der Waals surface area (Å²) in [4.78, 5) is 21.6. The van der Waals surface area contributed by atoms with E-state index in [1.54, 1.807) is 16.5 Å². The van der Waals surface area contributed by atoms with Gasteiger partial charge < -0.3 is 5.11 Å². The molecule has 0 saturated carbocycles. The Labute approximate surface area is 121 Å². The molecule has 2 aromatic heterocycles. The molecule has 2 heterocycles. The van der Waals surface area contributed by atoms with Gasteiger partial charge in [-0.25, -0.2) is 0 Å². The Bertz CT molecular complexity index is 837. The fraction of sp³-hybridized carbons (Fsp3) is 0.0833. The molecule has 1 N–H and O–H groups in total. The molecule has 0 aliphatic heterocycles. The van der Waals surface area contributed by atoms with Gasteiger partial charge in [0.1, 0.15) is 12.2 Å². The van der Waals surface area contributed by atoms with Crippen LogP contribution in [0.15, 0.2) is 29.6 Å². The number of carboxylic acid groups (broad SMARTS) is 1. The van der Waals surface area contributed by atoms with E-state index in [-0.39, 0.29) is 12.1 Å². The molecule has 0 atom stereocenters. The molecule has 0 fully saturated rings. The molecule has 3 aromatic rings. The second kappa shape index (κ2) is 4.94. The molecule has 3 rings (SSSR count). The van der Waals surface area contributed by atoms with Gasteiger partial charge in [0.2, 0.25) is 4.96 Å². The molecule has 0 spiro atoms. The number of carbonyl (C=O) groups is 1. The number of nitrogens with zero attached hydrogens (tertiary/aromatic N) is 4. The molecular weight excluding hydrogens is 296 g/mol. The van der Waals surface area contributed by atoms with Crippen LogP contribution in [0, 0.1) is 10.1 Å². The fourth-order valence-corrected chi connectivity index (χ4v) is 2.84. The second-order valence-corrected chi connectivity index (χ2v) is 5.07. The highest BCUT2D eigenvalue weighted by molar-refractivity contribution is 7.15. The summed E-state index contributed by atoms with van der Waals surface area (Å²) in [6.45, 7) is 0. The van der Waals surface area contributed by atoms with Crippen molar-refractivity contribution in [3.63, 3.8) is 0 Å². The van der Waals surface area contributed by atoms with E-state index in [0.29, 0.717) is 16.5 Å². The van der Waals surface area contributed by atoms with Crippen molar-refractivity contribution in [2.45, 2.75) is 6.42 Å². The van der Waals surface area contributed by atoms with E-state index in [0.717, 1.165) is 5.56 Å². The number of thiazole rings is 1. The molecule has 0 radical (unpaired) electrons. The van der Waals surface area contributed by atoms with Crippen LogP contribution in [-0.2, 0) is 11.2 Å². The first-order chi connectivity index (χ1) is 10.1. The number of nitro benzene ring substituents is 1. The average Bonchev–Trinajstić information content (AvgIpc) is 3.01. The van der Waals surface area contributed by atoms with Crippen LogP contribution < -0.4 is 0 Å². The van der Waals surface area contributed by atoms with Crippen LogP contribution in [0.2, 0.25) is 0 Å². The van der Waals surface area contributed by atoms with Crippen LogP contribution in [-0.4, -0.2) is 30.6 Å². The summed E-state index contributed by atoms with van der Waals surface area (Å²) in [6.07, 6.45) is -0.238. The minimum Gasteiger partial charge on any atom is -0.481 e. The van der Waals surface area contributed by atoms with Gasteiger partial charge in [-0.15, -0.1) is 21.5 Å². The molecule has 8 nitrogen and oxygen atoms in total. The highest BCUT2D eigenvalue weighted by Gasteiger charge is 2.16. The second-order valence-electron chi connectivity index (χ2n) is 4.23. The maximum atomic E-state index is 10.8. The van der Waals surface area contributed by atoms with Gasteiger partial charge in [-0.1, -0.05) is 0 Å². The normalized spacial score (nSPS) is 10.9. The number of benzene rings is 1. The predicted molar refractivity (Wildman–Crippen MR) is 74.3 cm³/mol. The predicted octanol–water partition coefficient (Wildman–Crippen LogP) is 1.99. The lowest BCUT2D eigenvalue weighted by Gasteiger charge is -2.01. The maximum absolute atomic E-state index is 10.8. The molecule has 0 aliphatic rings. The topological polar surface area (TPSA) is 111 Å². The van der Waals surface area contributed by atoms with Crippen LogP contribution in [0.4, 0.5) is 5.69 Å². The number of nitro groups is 1. The van der Waals surface area contributed by atoms with Crippen LogP contribution in [0.3, 0.4) is 0 Å². The molecule has 0 bridgehead atoms. The first kappa shape index (κ1) is 13.2. The lowest BCUT2D eigenvalue weighted by Crippen LogP contribution is -2.05. The Hall–Kier alpha value is -2.81. The summed E-state index contributed by atoms with van der Waals surface area (Å²) in [6, 6.07) is 6.04. The van der Waals surface area contributed by atoms with Crippen molar-refractivity contribution in [3.05, 3.63) is 45.6 Å². The van der Waals surface area contributed by atoms with Crippen LogP contribution in [0.5, 0.6) is 0 Å². The van der Waals surface area contributed by atoms with Gasteiger partial charge in [0.25, 0.3) is 5.69 Å². The summed E-state index contributed by atoms with van der Waals surface area (Å²) < 4.78 is 1.65. The van der Waals surface area contributed by atoms with Crippen LogP contribution in [0.25, 0.3) is 16.2 Å². The number of fused-ring (bicyclic) bond motifs is 1. The van der Waals surface area contributed by atoms with Crippen molar-refractivity contribution < 1.29 is 14.8 Å². The van der Waals surface area contributed by atoms with Crippen molar-refractivity contribution in [2.24, 2.45) is 0 Å². The summed E-state index contributed by atoms with van der Waals surface area (Å²) in [5, 5.41) is 29.2. The van der Waals surface area contributed by atoms with E-state index in [1.807, 2.05) is 5.38 Å². The minimum atomic E-state index is -0.995. The van der Waals surface area contributed by atoms with Crippen molar-refractivity contribution in [2.75, 3.05) is 0 Å². The molecule has 106 valence electrons. The first-order valence-electron chi connectivity index (χ1n) is 5.84. The van der Waals surface area contributed by atoms with E-state index in [2.05, 4.69) is 10.2 Å². The van der Waals surface area contributed by atoms with E-state index in [4.69, 9.17) is 5.11 Å². The summed E-state index contributed by atoms with van der Waals surface area (Å²) >= 11 is 1.33. The molecule has 21 heavy (non-hydrogen) atoms. The minimum absolute atomic E-state index is 0.000242.